The molecule has 0 spiro atoms. The average molecular weight is 648 g/mol. The maximum atomic E-state index is 12.3. The first-order valence-corrected chi connectivity index (χ1v) is 20.6. The third-order valence-electron chi connectivity index (χ3n) is 9.44. The van der Waals surface area contributed by atoms with Crippen LogP contribution in [-0.2, 0) is 4.79 Å². The van der Waals surface area contributed by atoms with Crippen molar-refractivity contribution in [1.82, 2.24) is 5.32 Å². The van der Waals surface area contributed by atoms with E-state index in [0.29, 0.717) is 6.42 Å². The van der Waals surface area contributed by atoms with Crippen LogP contribution in [0.3, 0.4) is 0 Å². The summed E-state index contributed by atoms with van der Waals surface area (Å²) in [6.45, 7) is 4.25. The largest absolute Gasteiger partial charge is 0.394 e. The van der Waals surface area contributed by atoms with Gasteiger partial charge in [-0.3, -0.25) is 4.79 Å². The first kappa shape index (κ1) is 44.9. The zero-order chi connectivity index (χ0) is 33.6. The highest BCUT2D eigenvalue weighted by molar-refractivity contribution is 5.76. The highest BCUT2D eigenvalue weighted by atomic mass is 16.3. The normalized spacial score (nSPS) is 13.2. The second-order valence-corrected chi connectivity index (χ2v) is 14.1. The van der Waals surface area contributed by atoms with Crippen molar-refractivity contribution in [2.75, 3.05) is 6.61 Å². The summed E-state index contributed by atoms with van der Waals surface area (Å²) in [4.78, 5) is 12.3. The molecular weight excluding hydrogens is 566 g/mol. The molecule has 0 heterocycles. The molecule has 0 fully saturated rings. The van der Waals surface area contributed by atoms with E-state index in [-0.39, 0.29) is 12.5 Å². The third kappa shape index (κ3) is 34.2. The molecule has 3 N–H and O–H groups in total. The zero-order valence-corrected chi connectivity index (χ0v) is 31.1. The van der Waals surface area contributed by atoms with Crippen LogP contribution >= 0.6 is 0 Å². The van der Waals surface area contributed by atoms with Gasteiger partial charge in [-0.1, -0.05) is 205 Å². The van der Waals surface area contributed by atoms with E-state index in [9.17, 15) is 15.0 Å². The number of aliphatic hydroxyl groups is 2. The maximum Gasteiger partial charge on any atom is 0.220 e. The average Bonchev–Trinajstić information content (AvgIpc) is 3.06. The maximum absolute atomic E-state index is 12.3. The first-order chi connectivity index (χ1) is 22.7. The van der Waals surface area contributed by atoms with E-state index >= 15 is 0 Å². The van der Waals surface area contributed by atoms with Gasteiger partial charge in [0.15, 0.2) is 0 Å². The van der Waals surface area contributed by atoms with Crippen molar-refractivity contribution >= 4 is 5.91 Å². The molecule has 272 valence electrons. The van der Waals surface area contributed by atoms with E-state index in [1.54, 1.807) is 6.08 Å². The Morgan fingerprint density at radius 2 is 0.848 bits per heavy atom. The molecule has 2 atom stereocenters. The molecule has 1 amide bonds. The van der Waals surface area contributed by atoms with Gasteiger partial charge in [0.1, 0.15) is 0 Å². The van der Waals surface area contributed by atoms with Crippen LogP contribution in [0.5, 0.6) is 0 Å². The fourth-order valence-electron chi connectivity index (χ4n) is 6.25. The molecule has 0 aromatic carbocycles. The molecule has 0 radical (unpaired) electrons. The Morgan fingerprint density at radius 3 is 1.26 bits per heavy atom. The fourth-order valence-corrected chi connectivity index (χ4v) is 6.25. The molecule has 0 rings (SSSR count). The van der Waals surface area contributed by atoms with Gasteiger partial charge in [0.05, 0.1) is 18.8 Å². The molecule has 2 unspecified atom stereocenters. The summed E-state index contributed by atoms with van der Waals surface area (Å²) in [5.41, 5.74) is 0. The minimum Gasteiger partial charge on any atom is -0.394 e. The quantitative estimate of drug-likeness (QED) is 0.0464. The van der Waals surface area contributed by atoms with E-state index in [1.807, 2.05) is 6.08 Å². The zero-order valence-electron chi connectivity index (χ0n) is 31.1. The molecule has 0 aliphatic carbocycles. The van der Waals surface area contributed by atoms with Gasteiger partial charge >= 0.3 is 0 Å². The third-order valence-corrected chi connectivity index (χ3v) is 9.44. The highest BCUT2D eigenvalue weighted by Crippen LogP contribution is 2.16. The standard InChI is InChI=1S/C42H81NO3/c1-3-5-7-9-11-13-14-15-16-17-18-19-20-21-22-23-24-25-26-27-28-30-32-34-36-38-42(46)43-40(39-44)41(45)37-35-33-31-29-12-10-8-6-4-2/h12,29,35,37,40-41,44-45H,3-11,13-28,30-34,36,38-39H2,1-2H3,(H,43,46)/b29-12+,37-35+. The monoisotopic (exact) mass is 648 g/mol. The summed E-state index contributed by atoms with van der Waals surface area (Å²) in [7, 11) is 0. The molecule has 0 saturated carbocycles. The topological polar surface area (TPSA) is 69.6 Å². The molecule has 4 heteroatoms. The van der Waals surface area contributed by atoms with Crippen LogP contribution in [0.1, 0.15) is 219 Å². The van der Waals surface area contributed by atoms with E-state index in [4.69, 9.17) is 0 Å². The Hall–Kier alpha value is -1.13. The molecule has 0 aromatic rings. The Morgan fingerprint density at radius 1 is 0.500 bits per heavy atom. The molecule has 4 nitrogen and oxygen atoms in total. The molecule has 0 bridgehead atoms. The molecule has 46 heavy (non-hydrogen) atoms. The van der Waals surface area contributed by atoms with Crippen molar-refractivity contribution in [2.45, 2.75) is 231 Å². The van der Waals surface area contributed by atoms with Crippen LogP contribution in [0.2, 0.25) is 0 Å². The summed E-state index contributed by atoms with van der Waals surface area (Å²) >= 11 is 0. The molecular formula is C42H81NO3. The number of carbonyl (C=O) groups is 1. The van der Waals surface area contributed by atoms with Crippen LogP contribution in [0.4, 0.5) is 0 Å². The summed E-state index contributed by atoms with van der Waals surface area (Å²) < 4.78 is 0. The van der Waals surface area contributed by atoms with Crippen LogP contribution < -0.4 is 5.32 Å². The Kier molecular flexibility index (Phi) is 37.4. The molecule has 0 aliphatic rings. The summed E-state index contributed by atoms with van der Waals surface area (Å²) in [6.07, 6.45) is 48.7. The van der Waals surface area contributed by atoms with Crippen molar-refractivity contribution in [2.24, 2.45) is 0 Å². The lowest BCUT2D eigenvalue weighted by atomic mass is 10.0. The van der Waals surface area contributed by atoms with Gasteiger partial charge in [-0.2, -0.15) is 0 Å². The predicted octanol–water partition coefficient (Wildman–Crippen LogP) is 12.5. The van der Waals surface area contributed by atoms with Crippen LogP contribution in [0.15, 0.2) is 24.3 Å². The Bertz CT molecular complexity index is 661. The molecule has 0 saturated heterocycles. The number of nitrogens with one attached hydrogen (secondary N) is 1. The van der Waals surface area contributed by atoms with Gasteiger partial charge < -0.3 is 15.5 Å². The second kappa shape index (κ2) is 38.3. The SMILES string of the molecule is CCCCC/C=C/CC/C=C/C(O)C(CO)NC(=O)CCCCCCCCCCCCCCCCCCCCCCCCCCC. The van der Waals surface area contributed by atoms with Crippen molar-refractivity contribution in [3.63, 3.8) is 0 Å². The van der Waals surface area contributed by atoms with Crippen LogP contribution in [0, 0.1) is 0 Å². The first-order valence-electron chi connectivity index (χ1n) is 20.6. The number of amides is 1. The minimum absolute atomic E-state index is 0.0735. The second-order valence-electron chi connectivity index (χ2n) is 14.1. The number of rotatable bonds is 37. The summed E-state index contributed by atoms with van der Waals surface area (Å²) in [5.74, 6) is -0.0735. The van der Waals surface area contributed by atoms with Gasteiger partial charge in [-0.25, -0.2) is 0 Å². The lowest BCUT2D eigenvalue weighted by molar-refractivity contribution is -0.123. The van der Waals surface area contributed by atoms with Crippen LogP contribution in [-0.4, -0.2) is 34.9 Å². The minimum atomic E-state index is -0.855. The van der Waals surface area contributed by atoms with Crippen molar-refractivity contribution < 1.29 is 15.0 Å². The number of carbonyl (C=O) groups excluding carboxylic acids is 1. The fraction of sp³-hybridized carbons (Fsp3) is 0.881. The van der Waals surface area contributed by atoms with Crippen molar-refractivity contribution in [1.29, 1.82) is 0 Å². The molecule has 0 aromatic heterocycles. The Balaban J connectivity index is 3.45. The smallest absolute Gasteiger partial charge is 0.220 e. The number of hydrogen-bond donors (Lipinski definition) is 3. The van der Waals surface area contributed by atoms with Crippen molar-refractivity contribution in [3.8, 4) is 0 Å². The van der Waals surface area contributed by atoms with E-state index in [0.717, 1.165) is 32.1 Å². The van der Waals surface area contributed by atoms with Gasteiger partial charge in [0.2, 0.25) is 5.91 Å². The van der Waals surface area contributed by atoms with Gasteiger partial charge in [-0.15, -0.1) is 0 Å². The molecule has 0 aliphatic heterocycles. The van der Waals surface area contributed by atoms with Crippen molar-refractivity contribution in [3.05, 3.63) is 24.3 Å². The van der Waals surface area contributed by atoms with E-state index in [2.05, 4.69) is 31.3 Å². The van der Waals surface area contributed by atoms with Gasteiger partial charge in [0.25, 0.3) is 0 Å². The van der Waals surface area contributed by atoms with Gasteiger partial charge in [0, 0.05) is 6.42 Å². The predicted molar refractivity (Wildman–Crippen MR) is 202 cm³/mol. The van der Waals surface area contributed by atoms with Gasteiger partial charge in [-0.05, 0) is 32.1 Å². The summed E-state index contributed by atoms with van der Waals surface area (Å²) in [5, 5.41) is 22.8. The van der Waals surface area contributed by atoms with E-state index < -0.39 is 12.1 Å². The number of unbranched alkanes of at least 4 members (excludes halogenated alkanes) is 28. The highest BCUT2D eigenvalue weighted by Gasteiger charge is 2.17. The number of hydrogen-bond acceptors (Lipinski definition) is 3. The van der Waals surface area contributed by atoms with E-state index in [1.165, 1.54) is 167 Å². The summed E-state index contributed by atoms with van der Waals surface area (Å²) in [6, 6.07) is -0.632. The lowest BCUT2D eigenvalue weighted by Gasteiger charge is -2.19. The Labute approximate surface area is 288 Å². The number of allylic oxidation sites excluding steroid dienone is 3. The lowest BCUT2D eigenvalue weighted by Crippen LogP contribution is -2.45. The van der Waals surface area contributed by atoms with Crippen LogP contribution in [0.25, 0.3) is 0 Å². The number of aliphatic hydroxyl groups excluding tert-OH is 2.